The Kier molecular flexibility index (Phi) is 5.52. The molecule has 4 nitrogen and oxygen atoms in total. The number of ether oxygens (including phenoxy) is 3. The molecule has 0 N–H and O–H groups in total. The number of benzene rings is 2. The minimum atomic E-state index is -0.226. The SMILES string of the molecule is COc1ccc(C(=O)COc2cc(Cl)cc(Cl)c2)c(OC)c1. The van der Waals surface area contributed by atoms with Crippen LogP contribution in [0.5, 0.6) is 17.2 Å². The van der Waals surface area contributed by atoms with Crippen LogP contribution in [-0.4, -0.2) is 26.6 Å². The average molecular weight is 341 g/mol. The number of rotatable bonds is 6. The van der Waals surface area contributed by atoms with Gasteiger partial charge in [-0.05, 0) is 30.3 Å². The maximum atomic E-state index is 12.3. The molecule has 2 aromatic rings. The van der Waals surface area contributed by atoms with Gasteiger partial charge in [0, 0.05) is 16.1 Å². The largest absolute Gasteiger partial charge is 0.497 e. The number of halogens is 2. The van der Waals surface area contributed by atoms with E-state index in [0.717, 1.165) is 0 Å². The summed E-state index contributed by atoms with van der Waals surface area (Å²) in [5, 5.41) is 0.883. The van der Waals surface area contributed by atoms with Gasteiger partial charge in [0.1, 0.15) is 17.2 Å². The summed E-state index contributed by atoms with van der Waals surface area (Å²) in [6.07, 6.45) is 0. The van der Waals surface area contributed by atoms with Gasteiger partial charge in [0.2, 0.25) is 5.78 Å². The predicted molar refractivity (Wildman–Crippen MR) is 85.8 cm³/mol. The summed E-state index contributed by atoms with van der Waals surface area (Å²) in [6.45, 7) is -0.153. The normalized spacial score (nSPS) is 10.2. The van der Waals surface area contributed by atoms with Crippen LogP contribution in [0.2, 0.25) is 10.0 Å². The minimum Gasteiger partial charge on any atom is -0.497 e. The highest BCUT2D eigenvalue weighted by Gasteiger charge is 2.14. The van der Waals surface area contributed by atoms with Crippen molar-refractivity contribution in [2.24, 2.45) is 0 Å². The van der Waals surface area contributed by atoms with Crippen LogP contribution in [0.3, 0.4) is 0 Å². The molecule has 0 aliphatic heterocycles. The Morgan fingerprint density at radius 1 is 0.955 bits per heavy atom. The topological polar surface area (TPSA) is 44.8 Å². The number of ketones is 1. The predicted octanol–water partition coefficient (Wildman–Crippen LogP) is 4.27. The zero-order valence-corrected chi connectivity index (χ0v) is 13.6. The molecular formula is C16H14Cl2O4. The number of hydrogen-bond donors (Lipinski definition) is 0. The number of carbonyl (C=O) groups is 1. The smallest absolute Gasteiger partial charge is 0.203 e. The van der Waals surface area contributed by atoms with E-state index in [1.807, 2.05) is 0 Å². The average Bonchev–Trinajstić information content (AvgIpc) is 2.51. The van der Waals surface area contributed by atoms with Gasteiger partial charge in [-0.3, -0.25) is 4.79 Å². The summed E-state index contributed by atoms with van der Waals surface area (Å²) in [7, 11) is 3.03. The fraction of sp³-hybridized carbons (Fsp3) is 0.188. The molecule has 0 amide bonds. The van der Waals surface area contributed by atoms with Gasteiger partial charge in [-0.2, -0.15) is 0 Å². The molecule has 0 saturated heterocycles. The Morgan fingerprint density at radius 3 is 2.23 bits per heavy atom. The Hall–Kier alpha value is -1.91. The molecule has 0 aromatic heterocycles. The molecule has 0 unspecified atom stereocenters. The van der Waals surface area contributed by atoms with E-state index in [-0.39, 0.29) is 12.4 Å². The van der Waals surface area contributed by atoms with E-state index in [1.165, 1.54) is 7.11 Å². The maximum absolute atomic E-state index is 12.3. The quantitative estimate of drug-likeness (QED) is 0.736. The molecule has 116 valence electrons. The first-order valence-corrected chi connectivity index (χ1v) is 7.13. The first kappa shape index (κ1) is 16.5. The van der Waals surface area contributed by atoms with Crippen molar-refractivity contribution in [2.75, 3.05) is 20.8 Å². The lowest BCUT2D eigenvalue weighted by Crippen LogP contribution is -2.12. The summed E-state index contributed by atoms with van der Waals surface area (Å²) < 4.78 is 15.7. The molecule has 0 saturated carbocycles. The molecule has 6 heteroatoms. The van der Waals surface area contributed by atoms with Crippen molar-refractivity contribution in [2.45, 2.75) is 0 Å². The highest BCUT2D eigenvalue weighted by molar-refractivity contribution is 6.34. The molecule has 22 heavy (non-hydrogen) atoms. The lowest BCUT2D eigenvalue weighted by molar-refractivity contribution is 0.0918. The van der Waals surface area contributed by atoms with Gasteiger partial charge in [0.05, 0.1) is 19.8 Å². The third-order valence-electron chi connectivity index (χ3n) is 2.92. The van der Waals surface area contributed by atoms with Crippen molar-refractivity contribution >= 4 is 29.0 Å². The van der Waals surface area contributed by atoms with E-state index >= 15 is 0 Å². The number of carbonyl (C=O) groups excluding carboxylic acids is 1. The molecule has 2 aromatic carbocycles. The summed E-state index contributed by atoms with van der Waals surface area (Å²) in [6, 6.07) is 9.73. The number of hydrogen-bond acceptors (Lipinski definition) is 4. The monoisotopic (exact) mass is 340 g/mol. The van der Waals surface area contributed by atoms with Gasteiger partial charge < -0.3 is 14.2 Å². The van der Waals surface area contributed by atoms with E-state index in [4.69, 9.17) is 37.4 Å². The van der Waals surface area contributed by atoms with Crippen molar-refractivity contribution < 1.29 is 19.0 Å². The molecule has 0 fully saturated rings. The van der Waals surface area contributed by atoms with Crippen molar-refractivity contribution in [1.29, 1.82) is 0 Å². The molecule has 0 aliphatic carbocycles. The van der Waals surface area contributed by atoms with Gasteiger partial charge >= 0.3 is 0 Å². The number of Topliss-reactive ketones (excluding diaryl/α,β-unsaturated/α-hetero) is 1. The minimum absolute atomic E-state index is 0.153. The van der Waals surface area contributed by atoms with Crippen LogP contribution in [-0.2, 0) is 0 Å². The Labute approximate surface area is 138 Å². The van der Waals surface area contributed by atoms with Gasteiger partial charge in [-0.1, -0.05) is 23.2 Å². The first-order valence-electron chi connectivity index (χ1n) is 6.37. The van der Waals surface area contributed by atoms with Crippen LogP contribution in [0.4, 0.5) is 0 Å². The summed E-state index contributed by atoms with van der Waals surface area (Å²) in [4.78, 5) is 12.3. The van der Waals surface area contributed by atoms with Crippen LogP contribution in [0.25, 0.3) is 0 Å². The Balaban J connectivity index is 2.12. The van der Waals surface area contributed by atoms with E-state index in [9.17, 15) is 4.79 Å². The second kappa shape index (κ2) is 7.38. The van der Waals surface area contributed by atoms with E-state index in [2.05, 4.69) is 0 Å². The fourth-order valence-electron chi connectivity index (χ4n) is 1.87. The van der Waals surface area contributed by atoms with Crippen molar-refractivity contribution in [3.63, 3.8) is 0 Å². The first-order chi connectivity index (χ1) is 10.5. The third-order valence-corrected chi connectivity index (χ3v) is 3.35. The molecule has 0 heterocycles. The van der Waals surface area contributed by atoms with Crippen LogP contribution in [0.1, 0.15) is 10.4 Å². The Bertz CT molecular complexity index is 666. The molecule has 2 rings (SSSR count). The summed E-state index contributed by atoms with van der Waals surface area (Å²) >= 11 is 11.8. The highest BCUT2D eigenvalue weighted by atomic mass is 35.5. The Morgan fingerprint density at radius 2 is 1.64 bits per heavy atom. The zero-order valence-electron chi connectivity index (χ0n) is 12.1. The zero-order chi connectivity index (χ0) is 16.1. The second-order valence-electron chi connectivity index (χ2n) is 4.38. The fourth-order valence-corrected chi connectivity index (χ4v) is 2.37. The van der Waals surface area contributed by atoms with E-state index in [1.54, 1.807) is 43.5 Å². The van der Waals surface area contributed by atoms with E-state index < -0.39 is 0 Å². The molecule has 0 bridgehead atoms. The highest BCUT2D eigenvalue weighted by Crippen LogP contribution is 2.26. The van der Waals surface area contributed by atoms with Crippen LogP contribution < -0.4 is 14.2 Å². The van der Waals surface area contributed by atoms with Crippen LogP contribution >= 0.6 is 23.2 Å². The van der Waals surface area contributed by atoms with Crippen molar-refractivity contribution in [3.05, 3.63) is 52.0 Å². The van der Waals surface area contributed by atoms with E-state index in [0.29, 0.717) is 32.9 Å². The number of methoxy groups -OCH3 is 2. The second-order valence-corrected chi connectivity index (χ2v) is 5.26. The molecule has 0 radical (unpaired) electrons. The molecule has 0 atom stereocenters. The van der Waals surface area contributed by atoms with Gasteiger partial charge in [-0.15, -0.1) is 0 Å². The summed E-state index contributed by atoms with van der Waals surface area (Å²) in [5.41, 5.74) is 0.413. The van der Waals surface area contributed by atoms with Crippen LogP contribution in [0, 0.1) is 0 Å². The lowest BCUT2D eigenvalue weighted by Gasteiger charge is -2.11. The molecular weight excluding hydrogens is 327 g/mol. The molecule has 0 spiro atoms. The molecule has 0 aliphatic rings. The van der Waals surface area contributed by atoms with Gasteiger partial charge in [-0.25, -0.2) is 0 Å². The van der Waals surface area contributed by atoms with Crippen molar-refractivity contribution in [3.8, 4) is 17.2 Å². The van der Waals surface area contributed by atoms with Crippen LogP contribution in [0.15, 0.2) is 36.4 Å². The summed E-state index contributed by atoms with van der Waals surface area (Å²) in [5.74, 6) is 1.24. The standard InChI is InChI=1S/C16H14Cl2O4/c1-20-12-3-4-14(16(8-12)21-2)15(19)9-22-13-6-10(17)5-11(18)7-13/h3-8H,9H2,1-2H3. The van der Waals surface area contributed by atoms with Gasteiger partial charge in [0.25, 0.3) is 0 Å². The third kappa shape index (κ3) is 4.06. The van der Waals surface area contributed by atoms with Gasteiger partial charge in [0.15, 0.2) is 6.61 Å². The van der Waals surface area contributed by atoms with Crippen molar-refractivity contribution in [1.82, 2.24) is 0 Å². The lowest BCUT2D eigenvalue weighted by atomic mass is 10.1. The maximum Gasteiger partial charge on any atom is 0.203 e.